The predicted octanol–water partition coefficient (Wildman–Crippen LogP) is 3.66. The van der Waals surface area contributed by atoms with E-state index in [1.165, 1.54) is 24.1 Å². The van der Waals surface area contributed by atoms with Crippen LogP contribution in [-0.2, 0) is 26.2 Å². The first-order valence-electron chi connectivity index (χ1n) is 11.3. The maximum absolute atomic E-state index is 13.7. The lowest BCUT2D eigenvalue weighted by Gasteiger charge is -2.32. The fourth-order valence-electron chi connectivity index (χ4n) is 3.77. The topological polar surface area (TPSA) is 86.8 Å². The molecule has 0 aromatic heterocycles. The molecule has 0 fully saturated rings. The van der Waals surface area contributed by atoms with E-state index in [2.05, 4.69) is 5.32 Å². The van der Waals surface area contributed by atoms with Crippen LogP contribution in [0.3, 0.4) is 0 Å². The van der Waals surface area contributed by atoms with Crippen molar-refractivity contribution in [2.75, 3.05) is 17.9 Å². The summed E-state index contributed by atoms with van der Waals surface area (Å²) in [6.07, 6.45) is 0. The van der Waals surface area contributed by atoms with Gasteiger partial charge in [-0.05, 0) is 50.1 Å². The maximum Gasteiger partial charge on any atom is 0.264 e. The molecule has 1 N–H and O–H groups in total. The quantitative estimate of drug-likeness (QED) is 0.493. The fraction of sp³-hybridized carbons (Fsp3) is 0.259. The molecule has 1 atom stereocenters. The van der Waals surface area contributed by atoms with Gasteiger partial charge in [-0.1, -0.05) is 66.2 Å². The molecule has 7 nitrogen and oxygen atoms in total. The van der Waals surface area contributed by atoms with E-state index in [1.54, 1.807) is 44.2 Å². The van der Waals surface area contributed by atoms with Crippen molar-refractivity contribution in [2.45, 2.75) is 38.3 Å². The Hall–Kier alpha value is -3.65. The van der Waals surface area contributed by atoms with Gasteiger partial charge < -0.3 is 10.2 Å². The average Bonchev–Trinajstić information content (AvgIpc) is 2.86. The Labute approximate surface area is 207 Å². The highest BCUT2D eigenvalue weighted by Gasteiger charge is 2.32. The van der Waals surface area contributed by atoms with Crippen LogP contribution >= 0.6 is 0 Å². The molecule has 0 aliphatic rings. The molecule has 3 aromatic rings. The van der Waals surface area contributed by atoms with Crippen molar-refractivity contribution in [2.24, 2.45) is 0 Å². The number of hydrogen-bond acceptors (Lipinski definition) is 4. The number of amides is 2. The fourth-order valence-corrected chi connectivity index (χ4v) is 5.24. The number of benzene rings is 3. The van der Waals surface area contributed by atoms with Crippen LogP contribution in [0.5, 0.6) is 0 Å². The van der Waals surface area contributed by atoms with Gasteiger partial charge in [-0.2, -0.15) is 0 Å². The van der Waals surface area contributed by atoms with Gasteiger partial charge in [0.15, 0.2) is 0 Å². The Kier molecular flexibility index (Phi) is 8.30. The standard InChI is InChI=1S/C27H31N3O4S/c1-20-14-16-24(17-15-20)35(33,34)30(25-13-9-8-10-21(25)2)19-26(31)29(22(3)27(32)28-4)18-23-11-6-5-7-12-23/h5-17,22H,18-19H2,1-4H3,(H,28,32)/t22-/m1/s1. The summed E-state index contributed by atoms with van der Waals surface area (Å²) in [4.78, 5) is 27.6. The van der Waals surface area contributed by atoms with Gasteiger partial charge in [-0.25, -0.2) is 8.42 Å². The third-order valence-corrected chi connectivity index (χ3v) is 7.66. The molecule has 3 aromatic carbocycles. The summed E-state index contributed by atoms with van der Waals surface area (Å²) in [5.41, 5.74) is 2.88. The van der Waals surface area contributed by atoms with Crippen molar-refractivity contribution in [3.8, 4) is 0 Å². The van der Waals surface area contributed by atoms with Crippen molar-refractivity contribution in [3.05, 3.63) is 95.6 Å². The Morgan fingerprint density at radius 2 is 1.49 bits per heavy atom. The van der Waals surface area contributed by atoms with E-state index >= 15 is 0 Å². The summed E-state index contributed by atoms with van der Waals surface area (Å²) >= 11 is 0. The molecule has 0 bridgehead atoms. The summed E-state index contributed by atoms with van der Waals surface area (Å²) in [5, 5.41) is 2.58. The summed E-state index contributed by atoms with van der Waals surface area (Å²) in [5.74, 6) is -0.818. The number of carbonyl (C=O) groups is 2. The van der Waals surface area contributed by atoms with E-state index in [4.69, 9.17) is 0 Å². The number of likely N-dealkylation sites (N-methyl/N-ethyl adjacent to an activating group) is 1. The van der Waals surface area contributed by atoms with E-state index in [-0.39, 0.29) is 17.3 Å². The number of sulfonamides is 1. The number of nitrogens with zero attached hydrogens (tertiary/aromatic N) is 2. The Bertz CT molecular complexity index is 1280. The van der Waals surface area contributed by atoms with Crippen LogP contribution < -0.4 is 9.62 Å². The van der Waals surface area contributed by atoms with E-state index in [0.717, 1.165) is 15.4 Å². The lowest BCUT2D eigenvalue weighted by Crippen LogP contribution is -2.50. The molecule has 0 spiro atoms. The molecular weight excluding hydrogens is 462 g/mol. The molecule has 0 aliphatic carbocycles. The minimum atomic E-state index is -4.06. The predicted molar refractivity (Wildman–Crippen MR) is 137 cm³/mol. The molecule has 0 aliphatic heterocycles. The van der Waals surface area contributed by atoms with Gasteiger partial charge in [-0.3, -0.25) is 13.9 Å². The molecule has 0 radical (unpaired) electrons. The monoisotopic (exact) mass is 493 g/mol. The summed E-state index contributed by atoms with van der Waals surface area (Å²) in [6.45, 7) is 5.02. The van der Waals surface area contributed by atoms with Gasteiger partial charge in [0.1, 0.15) is 12.6 Å². The lowest BCUT2D eigenvalue weighted by molar-refractivity contribution is -0.139. The first-order chi connectivity index (χ1) is 16.6. The summed E-state index contributed by atoms with van der Waals surface area (Å²) in [6, 6.07) is 22.0. The van der Waals surface area contributed by atoms with E-state index in [0.29, 0.717) is 11.3 Å². The number of hydrogen-bond donors (Lipinski definition) is 1. The van der Waals surface area contributed by atoms with Crippen LogP contribution in [-0.4, -0.2) is 44.8 Å². The zero-order valence-electron chi connectivity index (χ0n) is 20.4. The zero-order chi connectivity index (χ0) is 25.6. The Morgan fingerprint density at radius 1 is 0.886 bits per heavy atom. The van der Waals surface area contributed by atoms with Crippen LogP contribution in [0, 0.1) is 13.8 Å². The Morgan fingerprint density at radius 3 is 2.09 bits per heavy atom. The molecular formula is C27H31N3O4S. The number of rotatable bonds is 9. The smallest absolute Gasteiger partial charge is 0.264 e. The van der Waals surface area contributed by atoms with Crippen LogP contribution in [0.25, 0.3) is 0 Å². The molecule has 0 saturated heterocycles. The number of carbonyl (C=O) groups excluding carboxylic acids is 2. The largest absolute Gasteiger partial charge is 0.357 e. The molecule has 0 heterocycles. The maximum atomic E-state index is 13.7. The molecule has 0 saturated carbocycles. The Balaban J connectivity index is 2.04. The molecule has 0 unspecified atom stereocenters. The molecule has 8 heteroatoms. The zero-order valence-corrected chi connectivity index (χ0v) is 21.2. The molecule has 3 rings (SSSR count). The second-order valence-electron chi connectivity index (χ2n) is 8.41. The second-order valence-corrected chi connectivity index (χ2v) is 10.3. The number of anilines is 1. The minimum Gasteiger partial charge on any atom is -0.357 e. The highest BCUT2D eigenvalue weighted by atomic mass is 32.2. The van der Waals surface area contributed by atoms with Gasteiger partial charge in [0.05, 0.1) is 10.6 Å². The van der Waals surface area contributed by atoms with Crippen molar-refractivity contribution in [1.29, 1.82) is 0 Å². The first-order valence-corrected chi connectivity index (χ1v) is 12.8. The first kappa shape index (κ1) is 26.0. The van der Waals surface area contributed by atoms with Gasteiger partial charge in [0.25, 0.3) is 10.0 Å². The van der Waals surface area contributed by atoms with Gasteiger partial charge in [0.2, 0.25) is 11.8 Å². The highest BCUT2D eigenvalue weighted by molar-refractivity contribution is 7.92. The number of nitrogens with one attached hydrogen (secondary N) is 1. The van der Waals surface area contributed by atoms with Crippen LogP contribution in [0.15, 0.2) is 83.8 Å². The molecule has 2 amide bonds. The third kappa shape index (κ3) is 6.08. The summed E-state index contributed by atoms with van der Waals surface area (Å²) in [7, 11) is -2.56. The van der Waals surface area contributed by atoms with Crippen molar-refractivity contribution >= 4 is 27.5 Å². The highest BCUT2D eigenvalue weighted by Crippen LogP contribution is 2.27. The van der Waals surface area contributed by atoms with Gasteiger partial charge >= 0.3 is 0 Å². The lowest BCUT2D eigenvalue weighted by atomic mass is 10.1. The van der Waals surface area contributed by atoms with E-state index in [1.807, 2.05) is 43.3 Å². The van der Waals surface area contributed by atoms with Gasteiger partial charge in [0, 0.05) is 13.6 Å². The van der Waals surface area contributed by atoms with Crippen molar-refractivity contribution < 1.29 is 18.0 Å². The van der Waals surface area contributed by atoms with Gasteiger partial charge in [-0.15, -0.1) is 0 Å². The van der Waals surface area contributed by atoms with Crippen LogP contribution in [0.1, 0.15) is 23.6 Å². The number of para-hydroxylation sites is 1. The van der Waals surface area contributed by atoms with E-state index < -0.39 is 28.5 Å². The van der Waals surface area contributed by atoms with Crippen LogP contribution in [0.4, 0.5) is 5.69 Å². The minimum absolute atomic E-state index is 0.0908. The van der Waals surface area contributed by atoms with E-state index in [9.17, 15) is 18.0 Å². The van der Waals surface area contributed by atoms with Crippen LogP contribution in [0.2, 0.25) is 0 Å². The normalized spacial score (nSPS) is 12.0. The summed E-state index contributed by atoms with van der Waals surface area (Å²) < 4.78 is 28.6. The van der Waals surface area contributed by atoms with Crippen molar-refractivity contribution in [1.82, 2.24) is 10.2 Å². The van der Waals surface area contributed by atoms with Crippen molar-refractivity contribution in [3.63, 3.8) is 0 Å². The SMILES string of the molecule is CNC(=O)[C@@H](C)N(Cc1ccccc1)C(=O)CN(c1ccccc1C)S(=O)(=O)c1ccc(C)cc1. The molecule has 184 valence electrons. The number of aryl methyl sites for hydroxylation is 2. The third-order valence-electron chi connectivity index (χ3n) is 5.88. The average molecular weight is 494 g/mol. The molecule has 35 heavy (non-hydrogen) atoms. The second kappa shape index (κ2) is 11.2.